The zero-order valence-corrected chi connectivity index (χ0v) is 3.29. The van der Waals surface area contributed by atoms with Crippen molar-refractivity contribution >= 4 is 7.11 Å². The van der Waals surface area contributed by atoms with E-state index in [1.165, 1.54) is 0 Å². The van der Waals surface area contributed by atoms with Gasteiger partial charge in [-0.25, -0.2) is 0 Å². The maximum Gasteiger partial charge on any atom is 0.729 e. The van der Waals surface area contributed by atoms with Crippen molar-refractivity contribution < 1.29 is 18.2 Å². The molecule has 1 nitrogen and oxygen atoms in total. The molecule has 0 rings (SSSR count). The highest BCUT2D eigenvalue weighted by atomic mass is 19.4. The molecule has 0 fully saturated rings. The summed E-state index contributed by atoms with van der Waals surface area (Å²) in [6, 6.07) is 0. The Kier molecular flexibility index (Phi) is 1.46. The van der Waals surface area contributed by atoms with Gasteiger partial charge in [-0.15, -0.1) is 0 Å². The Bertz CT molecular complexity index is 40.5. The monoisotopic (exact) mass is 99.0 g/mol. The van der Waals surface area contributed by atoms with Gasteiger partial charge in [-0.1, -0.05) is 0 Å². The second-order valence-electron chi connectivity index (χ2n) is 0.959. The van der Waals surface area contributed by atoms with E-state index in [4.69, 9.17) is 0 Å². The Hall–Kier alpha value is -0.185. The molecule has 0 radical (unpaired) electrons. The molecule has 0 aromatic rings. The van der Waals surface area contributed by atoms with E-state index in [0.717, 1.165) is 7.05 Å². The summed E-state index contributed by atoms with van der Waals surface area (Å²) in [5.74, 6) is 0. The standard InChI is InChI=1S/CH5BF3N/c1-6-2(3,4)5/h6H2,1H3. The summed E-state index contributed by atoms with van der Waals surface area (Å²) < 4.78 is 32.4. The van der Waals surface area contributed by atoms with Crippen LogP contribution in [0.3, 0.4) is 0 Å². The minimum atomic E-state index is -4.61. The van der Waals surface area contributed by atoms with Gasteiger partial charge in [0.15, 0.2) is 0 Å². The Morgan fingerprint density at radius 2 is 1.50 bits per heavy atom. The number of rotatable bonds is 1. The highest BCUT2D eigenvalue weighted by Gasteiger charge is 2.29. The average molecular weight is 98.9 g/mol. The first kappa shape index (κ1) is 5.81. The van der Waals surface area contributed by atoms with Gasteiger partial charge in [-0.05, 0) is 0 Å². The summed E-state index contributed by atoms with van der Waals surface area (Å²) >= 11 is 0. The summed E-state index contributed by atoms with van der Waals surface area (Å²) in [4.78, 5) is 0. The lowest BCUT2D eigenvalue weighted by molar-refractivity contribution is -0.529. The van der Waals surface area contributed by atoms with E-state index in [9.17, 15) is 12.9 Å². The molecule has 0 aromatic carbocycles. The number of halogens is 3. The molecule has 2 N–H and O–H groups in total. The molecule has 0 heterocycles. The first-order valence-corrected chi connectivity index (χ1v) is 1.57. The van der Waals surface area contributed by atoms with Crippen molar-refractivity contribution in [2.45, 2.75) is 0 Å². The van der Waals surface area contributed by atoms with Crippen LogP contribution in [-0.4, -0.2) is 14.2 Å². The van der Waals surface area contributed by atoms with Crippen LogP contribution in [0, 0.1) is 0 Å². The second kappa shape index (κ2) is 1.51. The highest BCUT2D eigenvalue weighted by Crippen LogP contribution is 1.92. The van der Waals surface area contributed by atoms with Gasteiger partial charge in [0.1, 0.15) is 0 Å². The Balaban J connectivity index is 3.17. The van der Waals surface area contributed by atoms with E-state index in [1.807, 2.05) is 0 Å². The first-order chi connectivity index (χ1) is 2.56. The van der Waals surface area contributed by atoms with Crippen molar-refractivity contribution in [1.82, 2.24) is 0 Å². The molecule has 0 aromatic heterocycles. The van der Waals surface area contributed by atoms with E-state index in [0.29, 0.717) is 0 Å². The van der Waals surface area contributed by atoms with Gasteiger partial charge in [0, 0.05) is 7.05 Å². The lowest BCUT2D eigenvalue weighted by Crippen LogP contribution is -2.92. The molecule has 0 saturated carbocycles. The number of nitrogens with two attached hydrogens (primary N) is 1. The second-order valence-corrected chi connectivity index (χ2v) is 0.959. The third kappa shape index (κ3) is 3.81. The van der Waals surface area contributed by atoms with Gasteiger partial charge < -0.3 is 18.2 Å². The van der Waals surface area contributed by atoms with Crippen LogP contribution >= 0.6 is 0 Å². The fraction of sp³-hybridized carbons (Fsp3) is 1.00. The Morgan fingerprint density at radius 1 is 1.33 bits per heavy atom. The zero-order valence-electron chi connectivity index (χ0n) is 3.29. The minimum Gasteiger partial charge on any atom is -0.446 e. The van der Waals surface area contributed by atoms with Crippen LogP contribution in [-0.2, 0) is 0 Å². The molecule has 0 amide bonds. The fourth-order valence-electron chi connectivity index (χ4n) is 0. The lowest BCUT2D eigenvalue weighted by atomic mass is 10.2. The summed E-state index contributed by atoms with van der Waals surface area (Å²) in [6.07, 6.45) is 0. The average Bonchev–Trinajstić information content (AvgIpc) is 1.35. The van der Waals surface area contributed by atoms with Gasteiger partial charge in [0.2, 0.25) is 0 Å². The fourth-order valence-corrected chi connectivity index (χ4v) is 0. The molecule has 5 heteroatoms. The molecule has 0 unspecified atom stereocenters. The van der Waals surface area contributed by atoms with Crippen molar-refractivity contribution in [1.29, 1.82) is 0 Å². The lowest BCUT2D eigenvalue weighted by Gasteiger charge is -2.02. The Labute approximate surface area is 33.6 Å². The molecule has 38 valence electrons. The van der Waals surface area contributed by atoms with Crippen molar-refractivity contribution in [3.63, 3.8) is 0 Å². The first-order valence-electron chi connectivity index (χ1n) is 1.57. The van der Waals surface area contributed by atoms with Gasteiger partial charge in [-0.2, -0.15) is 0 Å². The van der Waals surface area contributed by atoms with Crippen LogP contribution < -0.4 is 5.23 Å². The smallest absolute Gasteiger partial charge is 0.446 e. The number of hydrogen-bond donors (Lipinski definition) is 1. The van der Waals surface area contributed by atoms with Gasteiger partial charge >= 0.3 is 7.11 Å². The quantitative estimate of drug-likeness (QED) is 0.427. The summed E-state index contributed by atoms with van der Waals surface area (Å²) in [5, 5.41) is 0.250. The van der Waals surface area contributed by atoms with E-state index in [1.54, 1.807) is 0 Å². The zero-order chi connectivity index (χ0) is 5.21. The highest BCUT2D eigenvalue weighted by molar-refractivity contribution is 6.47. The summed E-state index contributed by atoms with van der Waals surface area (Å²) in [7, 11) is -3.62. The molecular formula is CH5BF3N. The predicted molar refractivity (Wildman–Crippen MR) is 16.9 cm³/mol. The Morgan fingerprint density at radius 3 is 1.50 bits per heavy atom. The largest absolute Gasteiger partial charge is 0.729 e. The topological polar surface area (TPSA) is 16.6 Å². The molecule has 0 spiro atoms. The molecular weight excluding hydrogens is 93.8 g/mol. The molecule has 0 bridgehead atoms. The van der Waals surface area contributed by atoms with Crippen molar-refractivity contribution in [3.05, 3.63) is 0 Å². The van der Waals surface area contributed by atoms with E-state index in [-0.39, 0.29) is 5.23 Å². The van der Waals surface area contributed by atoms with Crippen LogP contribution in [0.25, 0.3) is 0 Å². The van der Waals surface area contributed by atoms with Crippen molar-refractivity contribution in [3.8, 4) is 0 Å². The van der Waals surface area contributed by atoms with Crippen LogP contribution in [0.5, 0.6) is 0 Å². The van der Waals surface area contributed by atoms with Gasteiger partial charge in [0.05, 0.1) is 0 Å². The summed E-state index contributed by atoms with van der Waals surface area (Å²) in [5.41, 5.74) is 0. The van der Waals surface area contributed by atoms with Crippen molar-refractivity contribution in [2.24, 2.45) is 0 Å². The van der Waals surface area contributed by atoms with Crippen LogP contribution in [0.2, 0.25) is 0 Å². The van der Waals surface area contributed by atoms with E-state index in [2.05, 4.69) is 0 Å². The molecule has 0 atom stereocenters. The van der Waals surface area contributed by atoms with Crippen LogP contribution in [0.15, 0.2) is 0 Å². The number of quaternary nitrogens is 1. The maximum atomic E-state index is 10.8. The third-order valence-electron chi connectivity index (χ3n) is 0.378. The minimum absolute atomic E-state index is 0.250. The molecule has 0 saturated heterocycles. The SMILES string of the molecule is C[NH2+][B-](F)(F)F. The maximum absolute atomic E-state index is 10.8. The van der Waals surface area contributed by atoms with Crippen LogP contribution in [0.4, 0.5) is 12.9 Å². The van der Waals surface area contributed by atoms with E-state index >= 15 is 0 Å². The molecule has 6 heavy (non-hydrogen) atoms. The van der Waals surface area contributed by atoms with Gasteiger partial charge in [0.25, 0.3) is 0 Å². The van der Waals surface area contributed by atoms with E-state index < -0.39 is 7.11 Å². The molecule has 0 aliphatic carbocycles. The number of hydrogen-bond acceptors (Lipinski definition) is 0. The molecule has 0 aliphatic rings. The molecule has 0 aliphatic heterocycles. The normalized spacial score (nSPS) is 12.0. The predicted octanol–water partition coefficient (Wildman–Crippen LogP) is -0.476. The van der Waals surface area contributed by atoms with Gasteiger partial charge in [-0.3, -0.25) is 0 Å². The summed E-state index contributed by atoms with van der Waals surface area (Å²) in [6.45, 7) is 0. The third-order valence-corrected chi connectivity index (χ3v) is 0.378. The van der Waals surface area contributed by atoms with Crippen molar-refractivity contribution in [2.75, 3.05) is 7.05 Å². The van der Waals surface area contributed by atoms with Crippen LogP contribution in [0.1, 0.15) is 0 Å².